The van der Waals surface area contributed by atoms with Crippen LogP contribution in [0, 0.1) is 0 Å². The van der Waals surface area contributed by atoms with Crippen LogP contribution in [0.25, 0.3) is 0 Å². The summed E-state index contributed by atoms with van der Waals surface area (Å²) < 4.78 is 68.5. The van der Waals surface area contributed by atoms with E-state index < -0.39 is 22.0 Å². The summed E-state index contributed by atoms with van der Waals surface area (Å²) >= 11 is 0. The Morgan fingerprint density at radius 2 is 1.91 bits per heavy atom. The van der Waals surface area contributed by atoms with Crippen molar-refractivity contribution in [3.63, 3.8) is 0 Å². The molecule has 0 bridgehead atoms. The van der Waals surface area contributed by atoms with E-state index in [4.69, 9.17) is 4.74 Å². The number of alkyl halides is 3. The lowest BCUT2D eigenvalue weighted by molar-refractivity contribution is -0.106. The maximum atomic E-state index is 12.7. The van der Waals surface area contributed by atoms with Gasteiger partial charge in [-0.3, -0.25) is 4.31 Å². The number of nitrogens with one attached hydrogen (secondary N) is 2. The molecule has 176 valence electrons. The molecule has 1 aliphatic heterocycles. The first-order valence-electron chi connectivity index (χ1n) is 10.3. The number of piperidine rings is 1. The summed E-state index contributed by atoms with van der Waals surface area (Å²) in [5, 5.41) is 7.05. The summed E-state index contributed by atoms with van der Waals surface area (Å²) in [6.45, 7) is 1.29. The molecular weight excluding hydrogens is 443 g/mol. The highest BCUT2D eigenvalue weighted by Gasteiger charge is 2.37. The monoisotopic (exact) mass is 471 g/mol. The van der Waals surface area contributed by atoms with Crippen molar-refractivity contribution in [1.29, 1.82) is 0 Å². The van der Waals surface area contributed by atoms with Crippen LogP contribution in [0.5, 0.6) is 5.75 Å². The third-order valence-corrected chi connectivity index (χ3v) is 7.30. The summed E-state index contributed by atoms with van der Waals surface area (Å²) in [5.41, 5.74) is 1.98. The second kappa shape index (κ2) is 10.1. The lowest BCUT2D eigenvalue weighted by atomic mass is 9.92. The SMILES string of the molecule is COc1ccc(N(C)S(=O)(=O)CC(F)(F)F)cc1CN[C@H]1CCCN[C@H]1c1ccccc1. The second-order valence-corrected chi connectivity index (χ2v) is 9.81. The Labute approximate surface area is 186 Å². The maximum absolute atomic E-state index is 12.7. The molecule has 0 radical (unpaired) electrons. The predicted octanol–water partition coefficient (Wildman–Crippen LogP) is 3.61. The van der Waals surface area contributed by atoms with E-state index in [9.17, 15) is 21.6 Å². The molecule has 6 nitrogen and oxygen atoms in total. The third kappa shape index (κ3) is 6.14. The van der Waals surface area contributed by atoms with Gasteiger partial charge in [-0.15, -0.1) is 0 Å². The van der Waals surface area contributed by atoms with E-state index in [-0.39, 0.29) is 17.8 Å². The van der Waals surface area contributed by atoms with Crippen LogP contribution in [-0.4, -0.2) is 47.1 Å². The fourth-order valence-corrected chi connectivity index (χ4v) is 4.97. The highest BCUT2D eigenvalue weighted by molar-refractivity contribution is 7.92. The van der Waals surface area contributed by atoms with Gasteiger partial charge < -0.3 is 15.4 Å². The van der Waals surface area contributed by atoms with E-state index in [0.29, 0.717) is 22.2 Å². The van der Waals surface area contributed by atoms with E-state index in [1.54, 1.807) is 12.1 Å². The minimum Gasteiger partial charge on any atom is -0.496 e. The van der Waals surface area contributed by atoms with Crippen molar-refractivity contribution in [2.45, 2.75) is 37.6 Å². The second-order valence-electron chi connectivity index (χ2n) is 7.81. The molecule has 1 fully saturated rings. The zero-order chi connectivity index (χ0) is 23.4. The van der Waals surface area contributed by atoms with Gasteiger partial charge >= 0.3 is 6.18 Å². The molecule has 0 aliphatic carbocycles. The summed E-state index contributed by atoms with van der Waals surface area (Å²) in [4.78, 5) is 0. The number of benzene rings is 2. The van der Waals surface area contributed by atoms with Gasteiger partial charge in [0.05, 0.1) is 12.8 Å². The molecule has 1 saturated heterocycles. The van der Waals surface area contributed by atoms with Crippen LogP contribution in [0.2, 0.25) is 0 Å². The Morgan fingerprint density at radius 3 is 2.56 bits per heavy atom. The number of rotatable bonds is 8. The summed E-state index contributed by atoms with van der Waals surface area (Å²) in [5.74, 6) is -1.38. The van der Waals surface area contributed by atoms with E-state index in [1.165, 1.54) is 18.7 Å². The van der Waals surface area contributed by atoms with E-state index >= 15 is 0 Å². The van der Waals surface area contributed by atoms with Gasteiger partial charge in [0.2, 0.25) is 10.0 Å². The summed E-state index contributed by atoms with van der Waals surface area (Å²) in [6, 6.07) is 14.9. The number of anilines is 1. The minimum atomic E-state index is -4.82. The van der Waals surface area contributed by atoms with Gasteiger partial charge in [-0.2, -0.15) is 13.2 Å². The number of hydrogen-bond donors (Lipinski definition) is 2. The number of halogens is 3. The Morgan fingerprint density at radius 1 is 1.19 bits per heavy atom. The van der Waals surface area contributed by atoms with E-state index in [2.05, 4.69) is 22.8 Å². The predicted molar refractivity (Wildman–Crippen MR) is 118 cm³/mol. The molecule has 2 aromatic rings. The van der Waals surface area contributed by atoms with Crippen LogP contribution in [0.4, 0.5) is 18.9 Å². The Hall–Kier alpha value is -2.30. The fraction of sp³-hybridized carbons (Fsp3) is 0.455. The van der Waals surface area contributed by atoms with Gasteiger partial charge in [0.25, 0.3) is 0 Å². The number of ether oxygens (including phenoxy) is 1. The first-order valence-corrected chi connectivity index (χ1v) is 11.9. The van der Waals surface area contributed by atoms with Crippen molar-refractivity contribution in [2.75, 3.05) is 30.8 Å². The number of sulfonamides is 1. The van der Waals surface area contributed by atoms with Crippen LogP contribution in [0.3, 0.4) is 0 Å². The van der Waals surface area contributed by atoms with Crippen LogP contribution < -0.4 is 19.7 Å². The van der Waals surface area contributed by atoms with Gasteiger partial charge in [0.1, 0.15) is 5.75 Å². The summed E-state index contributed by atoms with van der Waals surface area (Å²) in [7, 11) is -1.93. The van der Waals surface area contributed by atoms with Gasteiger partial charge in [-0.25, -0.2) is 8.42 Å². The maximum Gasteiger partial charge on any atom is 0.404 e. The van der Waals surface area contributed by atoms with Crippen molar-refractivity contribution in [1.82, 2.24) is 10.6 Å². The van der Waals surface area contributed by atoms with Crippen molar-refractivity contribution in [3.8, 4) is 5.75 Å². The Kier molecular flexibility index (Phi) is 7.68. The van der Waals surface area contributed by atoms with Crippen LogP contribution in [0.15, 0.2) is 48.5 Å². The molecule has 2 aromatic carbocycles. The van der Waals surface area contributed by atoms with Crippen molar-refractivity contribution in [2.24, 2.45) is 0 Å². The lowest BCUT2D eigenvalue weighted by Gasteiger charge is -2.34. The number of nitrogens with zero attached hydrogens (tertiary/aromatic N) is 1. The zero-order valence-electron chi connectivity index (χ0n) is 18.0. The molecule has 3 rings (SSSR count). The molecule has 0 aromatic heterocycles. The van der Waals surface area contributed by atoms with Crippen LogP contribution in [-0.2, 0) is 16.6 Å². The minimum absolute atomic E-state index is 0.119. The quantitative estimate of drug-likeness (QED) is 0.616. The van der Waals surface area contributed by atoms with Crippen LogP contribution in [0.1, 0.15) is 30.0 Å². The highest BCUT2D eigenvalue weighted by atomic mass is 32.2. The molecule has 0 saturated carbocycles. The Bertz CT molecular complexity index is 1000. The van der Waals surface area contributed by atoms with Gasteiger partial charge in [0, 0.05) is 31.2 Å². The molecule has 0 spiro atoms. The first-order chi connectivity index (χ1) is 15.1. The highest BCUT2D eigenvalue weighted by Crippen LogP contribution is 2.29. The standard InChI is InChI=1S/C22H28F3N3O3S/c1-28(32(29,30)15-22(23,24)25)18-10-11-20(31-2)17(13-18)14-27-19-9-6-12-26-21(19)16-7-4-3-5-8-16/h3-5,7-8,10-11,13,19,21,26-27H,6,9,12,14-15H2,1-2H3/t19-,21-/m0/s1. The topological polar surface area (TPSA) is 70.7 Å². The van der Waals surface area contributed by atoms with Crippen LogP contribution >= 0.6 is 0 Å². The fourth-order valence-electron chi connectivity index (χ4n) is 3.92. The van der Waals surface area contributed by atoms with Crippen molar-refractivity contribution in [3.05, 3.63) is 59.7 Å². The first kappa shape index (κ1) is 24.3. The van der Waals surface area contributed by atoms with E-state index in [1.807, 2.05) is 18.2 Å². The zero-order valence-corrected chi connectivity index (χ0v) is 18.8. The van der Waals surface area contributed by atoms with Crippen molar-refractivity contribution >= 4 is 15.7 Å². The molecular formula is C22H28F3N3O3S. The molecule has 2 atom stereocenters. The largest absolute Gasteiger partial charge is 0.496 e. The van der Waals surface area contributed by atoms with Gasteiger partial charge in [-0.05, 0) is 43.1 Å². The van der Waals surface area contributed by atoms with Gasteiger partial charge in [0.15, 0.2) is 5.75 Å². The smallest absolute Gasteiger partial charge is 0.404 e. The normalized spacial score (nSPS) is 19.5. The Balaban J connectivity index is 1.78. The average Bonchev–Trinajstić information content (AvgIpc) is 2.76. The van der Waals surface area contributed by atoms with E-state index in [0.717, 1.165) is 26.4 Å². The van der Waals surface area contributed by atoms with Crippen molar-refractivity contribution < 1.29 is 26.3 Å². The average molecular weight is 472 g/mol. The molecule has 32 heavy (non-hydrogen) atoms. The number of hydrogen-bond acceptors (Lipinski definition) is 5. The molecule has 0 unspecified atom stereocenters. The third-order valence-electron chi connectivity index (χ3n) is 5.56. The lowest BCUT2D eigenvalue weighted by Crippen LogP contribution is -2.45. The number of methoxy groups -OCH3 is 1. The molecule has 1 aliphatic rings. The van der Waals surface area contributed by atoms with Gasteiger partial charge in [-0.1, -0.05) is 30.3 Å². The molecule has 0 amide bonds. The molecule has 10 heteroatoms. The molecule has 2 N–H and O–H groups in total. The molecule has 1 heterocycles. The summed E-state index contributed by atoms with van der Waals surface area (Å²) in [6.07, 6.45) is -2.85.